The smallest absolute Gasteiger partial charge is 0.271 e. The summed E-state index contributed by atoms with van der Waals surface area (Å²) in [6.07, 6.45) is 1.75. The van der Waals surface area contributed by atoms with Crippen molar-refractivity contribution in [3.05, 3.63) is 63.7 Å². The highest BCUT2D eigenvalue weighted by Gasteiger charge is 2.28. The van der Waals surface area contributed by atoms with Crippen molar-refractivity contribution in [1.82, 2.24) is 9.47 Å². The van der Waals surface area contributed by atoms with Gasteiger partial charge < -0.3 is 14.2 Å². The minimum Gasteiger partial charge on any atom is -0.490 e. The van der Waals surface area contributed by atoms with Gasteiger partial charge in [0.25, 0.3) is 5.91 Å². The number of amides is 1. The minimum absolute atomic E-state index is 0.0607. The van der Waals surface area contributed by atoms with Crippen LogP contribution < -0.4 is 4.74 Å². The Bertz CT molecular complexity index is 937. The lowest BCUT2D eigenvalue weighted by Gasteiger charge is -2.32. The summed E-state index contributed by atoms with van der Waals surface area (Å²) in [6, 6.07) is 15.5. The molecule has 2 heterocycles. The number of halogens is 2. The van der Waals surface area contributed by atoms with Crippen molar-refractivity contribution in [2.45, 2.75) is 18.9 Å². The molecule has 27 heavy (non-hydrogen) atoms. The number of hydrogen-bond acceptors (Lipinski definition) is 2. The Labute approximate surface area is 171 Å². The van der Waals surface area contributed by atoms with Crippen LogP contribution in [0.2, 0.25) is 5.02 Å². The second-order valence-corrected chi connectivity index (χ2v) is 8.03. The highest BCUT2D eigenvalue weighted by atomic mass is 79.9. The topological polar surface area (TPSA) is 34.5 Å². The first kappa shape index (κ1) is 18.4. The van der Waals surface area contributed by atoms with Crippen molar-refractivity contribution in [2.75, 3.05) is 13.1 Å². The molecule has 1 aliphatic heterocycles. The number of carbonyl (C=O) groups is 1. The summed E-state index contributed by atoms with van der Waals surface area (Å²) >= 11 is 9.54. The van der Waals surface area contributed by atoms with E-state index in [1.807, 2.05) is 65.0 Å². The number of fused-ring (bicyclic) bond motifs is 1. The molecule has 6 heteroatoms. The van der Waals surface area contributed by atoms with Crippen LogP contribution in [0.4, 0.5) is 0 Å². The van der Waals surface area contributed by atoms with Crippen LogP contribution in [0.3, 0.4) is 0 Å². The molecule has 0 bridgehead atoms. The molecule has 0 atom stereocenters. The van der Waals surface area contributed by atoms with Crippen molar-refractivity contribution >= 4 is 44.3 Å². The van der Waals surface area contributed by atoms with Crippen LogP contribution in [0, 0.1) is 0 Å². The number of likely N-dealkylation sites (tertiary alicyclic amines) is 1. The lowest BCUT2D eigenvalue weighted by molar-refractivity contribution is 0.0586. The molecule has 0 radical (unpaired) electrons. The fourth-order valence-electron chi connectivity index (χ4n) is 3.62. The number of carbonyl (C=O) groups excluding carboxylic acids is 1. The second-order valence-electron chi connectivity index (χ2n) is 6.80. The lowest BCUT2D eigenvalue weighted by atomic mass is 10.1. The van der Waals surface area contributed by atoms with E-state index in [4.69, 9.17) is 16.3 Å². The van der Waals surface area contributed by atoms with E-state index in [1.165, 1.54) is 0 Å². The average molecular weight is 448 g/mol. The molecule has 1 aromatic heterocycles. The van der Waals surface area contributed by atoms with E-state index in [9.17, 15) is 4.79 Å². The first-order chi connectivity index (χ1) is 13.0. The molecular weight excluding hydrogens is 428 g/mol. The highest BCUT2D eigenvalue weighted by molar-refractivity contribution is 9.10. The normalized spacial score (nSPS) is 15.3. The van der Waals surface area contributed by atoms with Crippen LogP contribution in [0.5, 0.6) is 5.75 Å². The number of nitrogens with zero attached hydrogens (tertiary/aromatic N) is 2. The second kappa shape index (κ2) is 7.56. The minimum atomic E-state index is 0.0607. The Morgan fingerprint density at radius 2 is 1.78 bits per heavy atom. The van der Waals surface area contributed by atoms with Crippen molar-refractivity contribution < 1.29 is 9.53 Å². The molecule has 1 fully saturated rings. The maximum atomic E-state index is 13.1. The SMILES string of the molecule is Cn1c(C(=O)N2CCC(Oc3ccc(Cl)cc3)CC2)c(Br)c2ccccc21. The van der Waals surface area contributed by atoms with E-state index < -0.39 is 0 Å². The number of aromatic nitrogens is 1. The Morgan fingerprint density at radius 1 is 1.11 bits per heavy atom. The summed E-state index contributed by atoms with van der Waals surface area (Å²) < 4.78 is 8.86. The van der Waals surface area contributed by atoms with E-state index in [1.54, 1.807) is 0 Å². The van der Waals surface area contributed by atoms with Crippen LogP contribution in [-0.4, -0.2) is 34.6 Å². The quantitative estimate of drug-likeness (QED) is 0.547. The largest absolute Gasteiger partial charge is 0.490 e. The zero-order valence-electron chi connectivity index (χ0n) is 15.0. The van der Waals surface area contributed by atoms with Crippen LogP contribution in [0.25, 0.3) is 10.9 Å². The third-order valence-electron chi connectivity index (χ3n) is 5.09. The van der Waals surface area contributed by atoms with Gasteiger partial charge in [-0.15, -0.1) is 0 Å². The molecular formula is C21H20BrClN2O2. The monoisotopic (exact) mass is 446 g/mol. The molecule has 3 aromatic rings. The zero-order chi connectivity index (χ0) is 19.0. The molecule has 2 aromatic carbocycles. The molecule has 0 saturated carbocycles. The summed E-state index contributed by atoms with van der Waals surface area (Å²) in [7, 11) is 1.94. The molecule has 4 rings (SSSR count). The fourth-order valence-corrected chi connectivity index (χ4v) is 4.51. The third kappa shape index (κ3) is 3.58. The van der Waals surface area contributed by atoms with Gasteiger partial charge in [-0.25, -0.2) is 0 Å². The number of para-hydroxylation sites is 1. The van der Waals surface area contributed by atoms with Crippen LogP contribution in [-0.2, 0) is 7.05 Å². The molecule has 1 saturated heterocycles. The summed E-state index contributed by atoms with van der Waals surface area (Å²) in [5, 5.41) is 1.76. The predicted octanol–water partition coefficient (Wildman–Crippen LogP) is 5.28. The molecule has 4 nitrogen and oxygen atoms in total. The van der Waals surface area contributed by atoms with Gasteiger partial charge in [0.05, 0.1) is 4.47 Å². The van der Waals surface area contributed by atoms with Gasteiger partial charge in [-0.05, 0) is 46.3 Å². The molecule has 1 aliphatic rings. The molecule has 0 aliphatic carbocycles. The molecule has 140 valence electrons. The van der Waals surface area contributed by atoms with Gasteiger partial charge in [-0.3, -0.25) is 4.79 Å². The standard InChI is InChI=1S/C21H20BrClN2O2/c1-24-18-5-3-2-4-17(18)19(22)20(24)21(26)25-12-10-16(11-13-25)27-15-8-6-14(23)7-9-15/h2-9,16H,10-13H2,1H3. The first-order valence-electron chi connectivity index (χ1n) is 8.99. The molecule has 1 amide bonds. The maximum Gasteiger partial charge on any atom is 0.271 e. The van der Waals surface area contributed by atoms with Crippen molar-refractivity contribution in [3.63, 3.8) is 0 Å². The van der Waals surface area contributed by atoms with Gasteiger partial charge in [0.15, 0.2) is 0 Å². The zero-order valence-corrected chi connectivity index (χ0v) is 17.3. The first-order valence-corrected chi connectivity index (χ1v) is 10.2. The Kier molecular flexibility index (Phi) is 5.15. The van der Waals surface area contributed by atoms with Gasteiger partial charge in [0, 0.05) is 48.9 Å². The van der Waals surface area contributed by atoms with Gasteiger partial charge in [-0.1, -0.05) is 29.8 Å². The van der Waals surface area contributed by atoms with E-state index in [-0.39, 0.29) is 12.0 Å². The summed E-state index contributed by atoms with van der Waals surface area (Å²) in [5.41, 5.74) is 1.75. The maximum absolute atomic E-state index is 13.1. The number of aryl methyl sites for hydroxylation is 1. The lowest BCUT2D eigenvalue weighted by Crippen LogP contribution is -2.42. The summed E-state index contributed by atoms with van der Waals surface area (Å²) in [6.45, 7) is 1.37. The number of ether oxygens (including phenoxy) is 1. The van der Waals surface area contributed by atoms with Crippen LogP contribution in [0.15, 0.2) is 53.0 Å². The van der Waals surface area contributed by atoms with E-state index in [0.29, 0.717) is 23.8 Å². The van der Waals surface area contributed by atoms with E-state index in [2.05, 4.69) is 15.9 Å². The average Bonchev–Trinajstić information content (AvgIpc) is 2.95. The number of rotatable bonds is 3. The third-order valence-corrected chi connectivity index (χ3v) is 6.15. The number of benzene rings is 2. The van der Waals surface area contributed by atoms with Gasteiger partial charge in [-0.2, -0.15) is 0 Å². The highest BCUT2D eigenvalue weighted by Crippen LogP contribution is 2.32. The number of hydrogen-bond donors (Lipinski definition) is 0. The fraction of sp³-hybridized carbons (Fsp3) is 0.286. The van der Waals surface area contributed by atoms with Crippen molar-refractivity contribution in [3.8, 4) is 5.75 Å². The predicted molar refractivity (Wildman–Crippen MR) is 112 cm³/mol. The van der Waals surface area contributed by atoms with E-state index >= 15 is 0 Å². The summed E-state index contributed by atoms with van der Waals surface area (Å²) in [4.78, 5) is 15.1. The van der Waals surface area contributed by atoms with Gasteiger partial charge >= 0.3 is 0 Å². The molecule has 0 spiro atoms. The van der Waals surface area contributed by atoms with Crippen molar-refractivity contribution in [1.29, 1.82) is 0 Å². The Hall–Kier alpha value is -1.98. The number of piperidine rings is 1. The molecule has 0 unspecified atom stereocenters. The van der Waals surface area contributed by atoms with Gasteiger partial charge in [0.2, 0.25) is 0 Å². The summed E-state index contributed by atoms with van der Waals surface area (Å²) in [5.74, 6) is 0.881. The Balaban J connectivity index is 1.45. The van der Waals surface area contributed by atoms with E-state index in [0.717, 1.165) is 34.0 Å². The molecule has 0 N–H and O–H groups in total. The Morgan fingerprint density at radius 3 is 2.44 bits per heavy atom. The van der Waals surface area contributed by atoms with Crippen LogP contribution in [0.1, 0.15) is 23.3 Å². The van der Waals surface area contributed by atoms with Gasteiger partial charge in [0.1, 0.15) is 17.5 Å². The van der Waals surface area contributed by atoms with Crippen LogP contribution >= 0.6 is 27.5 Å². The van der Waals surface area contributed by atoms with Crippen molar-refractivity contribution in [2.24, 2.45) is 7.05 Å².